The molecule has 1 aliphatic rings. The Bertz CT molecular complexity index is 828. The van der Waals surface area contributed by atoms with Crippen LogP contribution in [0.4, 0.5) is 0 Å². The van der Waals surface area contributed by atoms with E-state index in [1.807, 2.05) is 24.0 Å². The first-order valence-corrected chi connectivity index (χ1v) is 8.67. The predicted molar refractivity (Wildman–Crippen MR) is 80.1 cm³/mol. The molecule has 0 aliphatic carbocycles. The Morgan fingerprint density at radius 1 is 1.29 bits per heavy atom. The highest BCUT2D eigenvalue weighted by Crippen LogP contribution is 2.10. The minimum absolute atomic E-state index is 0.108. The van der Waals surface area contributed by atoms with Crippen LogP contribution >= 0.6 is 0 Å². The van der Waals surface area contributed by atoms with Crippen molar-refractivity contribution in [2.75, 3.05) is 24.6 Å². The van der Waals surface area contributed by atoms with Gasteiger partial charge in [-0.2, -0.15) is 0 Å². The van der Waals surface area contributed by atoms with Gasteiger partial charge in [-0.15, -0.1) is 0 Å². The van der Waals surface area contributed by atoms with Crippen molar-refractivity contribution in [3.05, 3.63) is 46.0 Å². The monoisotopic (exact) mass is 307 g/mol. The molecule has 0 saturated carbocycles. The SMILES string of the molecule is Cc1cccn2c(=O)cc(CN3CCS(=O)(=O)CC3)nc12. The Kier molecular flexibility index (Phi) is 3.54. The number of aryl methyl sites for hydroxylation is 1. The number of hydrogen-bond acceptors (Lipinski definition) is 5. The van der Waals surface area contributed by atoms with Gasteiger partial charge in [0.05, 0.1) is 17.2 Å². The van der Waals surface area contributed by atoms with Crippen molar-refractivity contribution in [3.8, 4) is 0 Å². The van der Waals surface area contributed by atoms with E-state index in [-0.39, 0.29) is 17.1 Å². The van der Waals surface area contributed by atoms with Gasteiger partial charge in [0.1, 0.15) is 5.65 Å². The largest absolute Gasteiger partial charge is 0.295 e. The van der Waals surface area contributed by atoms with Crippen molar-refractivity contribution < 1.29 is 8.42 Å². The van der Waals surface area contributed by atoms with Gasteiger partial charge in [-0.25, -0.2) is 13.4 Å². The molecule has 0 bridgehead atoms. The van der Waals surface area contributed by atoms with Crippen LogP contribution in [0.3, 0.4) is 0 Å². The second-order valence-corrected chi connectivity index (χ2v) is 7.70. The molecule has 0 atom stereocenters. The number of sulfone groups is 1. The van der Waals surface area contributed by atoms with Gasteiger partial charge in [0.15, 0.2) is 9.84 Å². The Morgan fingerprint density at radius 2 is 2.00 bits per heavy atom. The van der Waals surface area contributed by atoms with Crippen molar-refractivity contribution in [3.63, 3.8) is 0 Å². The Morgan fingerprint density at radius 3 is 2.71 bits per heavy atom. The lowest BCUT2D eigenvalue weighted by molar-refractivity contribution is 0.284. The van der Waals surface area contributed by atoms with Gasteiger partial charge in [-0.1, -0.05) is 6.07 Å². The summed E-state index contributed by atoms with van der Waals surface area (Å²) in [5, 5.41) is 0. The number of pyridine rings is 1. The summed E-state index contributed by atoms with van der Waals surface area (Å²) in [6, 6.07) is 5.26. The molecule has 6 nitrogen and oxygen atoms in total. The third-order valence-corrected chi connectivity index (χ3v) is 5.37. The van der Waals surface area contributed by atoms with E-state index in [2.05, 4.69) is 4.98 Å². The molecule has 7 heteroatoms. The summed E-state index contributed by atoms with van der Waals surface area (Å²) in [6.07, 6.45) is 1.70. The summed E-state index contributed by atoms with van der Waals surface area (Å²) in [6.45, 7) is 3.42. The van der Waals surface area contributed by atoms with Crippen LogP contribution in [0.5, 0.6) is 0 Å². The molecular weight excluding hydrogens is 290 g/mol. The molecule has 2 aromatic heterocycles. The van der Waals surface area contributed by atoms with Gasteiger partial charge in [0.25, 0.3) is 5.56 Å². The fourth-order valence-electron chi connectivity index (χ4n) is 2.53. The van der Waals surface area contributed by atoms with Crippen LogP contribution in [-0.2, 0) is 16.4 Å². The van der Waals surface area contributed by atoms with E-state index in [9.17, 15) is 13.2 Å². The van der Waals surface area contributed by atoms with Crippen molar-refractivity contribution in [2.45, 2.75) is 13.5 Å². The summed E-state index contributed by atoms with van der Waals surface area (Å²) in [5.41, 5.74) is 2.18. The van der Waals surface area contributed by atoms with Gasteiger partial charge in [-0.3, -0.25) is 14.1 Å². The third-order valence-electron chi connectivity index (χ3n) is 3.76. The zero-order chi connectivity index (χ0) is 15.0. The number of nitrogens with zero attached hydrogens (tertiary/aromatic N) is 3. The molecule has 0 aromatic carbocycles. The van der Waals surface area contributed by atoms with Gasteiger partial charge in [0, 0.05) is 31.9 Å². The van der Waals surface area contributed by atoms with Crippen molar-refractivity contribution >= 4 is 15.5 Å². The number of fused-ring (bicyclic) bond motifs is 1. The summed E-state index contributed by atoms with van der Waals surface area (Å²) in [7, 11) is -2.89. The maximum absolute atomic E-state index is 12.1. The van der Waals surface area contributed by atoms with E-state index in [0.717, 1.165) is 5.56 Å². The number of hydrogen-bond donors (Lipinski definition) is 0. The zero-order valence-corrected chi connectivity index (χ0v) is 12.6. The first-order chi connectivity index (χ1) is 9.94. The van der Waals surface area contributed by atoms with Crippen LogP contribution in [0.1, 0.15) is 11.3 Å². The second kappa shape index (κ2) is 5.23. The van der Waals surface area contributed by atoms with Gasteiger partial charge >= 0.3 is 0 Å². The molecule has 3 heterocycles. The fourth-order valence-corrected chi connectivity index (χ4v) is 3.80. The zero-order valence-electron chi connectivity index (χ0n) is 11.8. The van der Waals surface area contributed by atoms with Crippen LogP contribution in [0.15, 0.2) is 29.2 Å². The molecule has 0 spiro atoms. The standard InChI is InChI=1S/C14H17N3O3S/c1-11-3-2-4-17-13(18)9-12(15-14(11)17)10-16-5-7-21(19,20)8-6-16/h2-4,9H,5-8,10H2,1H3. The lowest BCUT2D eigenvalue weighted by atomic mass is 10.2. The first kappa shape index (κ1) is 14.2. The number of aromatic nitrogens is 2. The van der Waals surface area contributed by atoms with E-state index in [4.69, 9.17) is 0 Å². The Balaban J connectivity index is 1.88. The normalized spacial score (nSPS) is 18.9. The maximum atomic E-state index is 12.1. The van der Waals surface area contributed by atoms with Crippen LogP contribution in [0, 0.1) is 6.92 Å². The molecule has 3 rings (SSSR count). The Hall–Kier alpha value is -1.73. The van der Waals surface area contributed by atoms with Crippen molar-refractivity contribution in [1.29, 1.82) is 0 Å². The molecule has 1 fully saturated rings. The smallest absolute Gasteiger partial charge is 0.258 e. The topological polar surface area (TPSA) is 71.8 Å². The molecule has 112 valence electrons. The molecule has 2 aromatic rings. The van der Waals surface area contributed by atoms with Crippen molar-refractivity contribution in [1.82, 2.24) is 14.3 Å². The molecule has 0 radical (unpaired) electrons. The lowest BCUT2D eigenvalue weighted by Gasteiger charge is -2.26. The maximum Gasteiger partial charge on any atom is 0.258 e. The highest BCUT2D eigenvalue weighted by molar-refractivity contribution is 7.91. The predicted octanol–water partition coefficient (Wildman–Crippen LogP) is 0.233. The van der Waals surface area contributed by atoms with E-state index in [0.29, 0.717) is 31.0 Å². The Labute approximate surface area is 123 Å². The summed E-state index contributed by atoms with van der Waals surface area (Å²) in [5.74, 6) is 0.358. The van der Waals surface area contributed by atoms with Crippen LogP contribution in [-0.4, -0.2) is 47.3 Å². The molecule has 1 aliphatic heterocycles. The minimum Gasteiger partial charge on any atom is -0.295 e. The summed E-state index contributed by atoms with van der Waals surface area (Å²) in [4.78, 5) is 18.7. The molecule has 0 unspecified atom stereocenters. The van der Waals surface area contributed by atoms with Crippen LogP contribution in [0.25, 0.3) is 5.65 Å². The molecule has 21 heavy (non-hydrogen) atoms. The molecule has 1 saturated heterocycles. The molecular formula is C14H17N3O3S. The summed E-state index contributed by atoms with van der Waals surface area (Å²) >= 11 is 0. The van der Waals surface area contributed by atoms with E-state index in [1.165, 1.54) is 10.5 Å². The van der Waals surface area contributed by atoms with Crippen molar-refractivity contribution in [2.24, 2.45) is 0 Å². The molecule has 0 amide bonds. The average Bonchev–Trinajstić information content (AvgIpc) is 2.43. The van der Waals surface area contributed by atoms with E-state index < -0.39 is 9.84 Å². The van der Waals surface area contributed by atoms with E-state index in [1.54, 1.807) is 6.20 Å². The van der Waals surface area contributed by atoms with Crippen LogP contribution < -0.4 is 5.56 Å². The highest BCUT2D eigenvalue weighted by Gasteiger charge is 2.22. The van der Waals surface area contributed by atoms with Gasteiger partial charge in [-0.05, 0) is 18.6 Å². The van der Waals surface area contributed by atoms with Crippen LogP contribution in [0.2, 0.25) is 0 Å². The van der Waals surface area contributed by atoms with E-state index >= 15 is 0 Å². The fraction of sp³-hybridized carbons (Fsp3) is 0.429. The second-order valence-electron chi connectivity index (χ2n) is 5.40. The van der Waals surface area contributed by atoms with Gasteiger partial charge in [0.2, 0.25) is 0 Å². The highest BCUT2D eigenvalue weighted by atomic mass is 32.2. The lowest BCUT2D eigenvalue weighted by Crippen LogP contribution is -2.40. The molecule has 0 N–H and O–H groups in total. The van der Waals surface area contributed by atoms with Gasteiger partial charge < -0.3 is 0 Å². The first-order valence-electron chi connectivity index (χ1n) is 6.85. The summed E-state index contributed by atoms with van der Waals surface area (Å²) < 4.78 is 24.4. The number of rotatable bonds is 2. The quantitative estimate of drug-likeness (QED) is 0.794. The minimum atomic E-state index is -2.89. The third kappa shape index (κ3) is 2.98. The average molecular weight is 307 g/mol.